The van der Waals surface area contributed by atoms with Gasteiger partial charge in [-0.1, -0.05) is 5.21 Å². The molecule has 0 unspecified atom stereocenters. The molecule has 0 radical (unpaired) electrons. The highest BCUT2D eigenvalue weighted by Crippen LogP contribution is 2.41. The molecule has 0 aliphatic heterocycles. The first-order valence-corrected chi connectivity index (χ1v) is 5.98. The highest BCUT2D eigenvalue weighted by atomic mass is 16.5. The average Bonchev–Trinajstić information content (AvgIpc) is 3.05. The number of carbonyl (C=O) groups is 1. The number of aromatic nitrogens is 3. The Labute approximate surface area is 99.6 Å². The summed E-state index contributed by atoms with van der Waals surface area (Å²) in [5, 5.41) is 16.7. The van der Waals surface area contributed by atoms with E-state index in [1.54, 1.807) is 4.68 Å². The number of carboxylic acids is 1. The van der Waals surface area contributed by atoms with E-state index < -0.39 is 5.97 Å². The SMILES string of the molecule is CCOCCCn1nnc(C(=O)O)c1C1CC1. The highest BCUT2D eigenvalue weighted by Gasteiger charge is 2.33. The molecule has 1 aromatic rings. The molecule has 1 saturated carbocycles. The molecule has 6 nitrogen and oxygen atoms in total. The van der Waals surface area contributed by atoms with Crippen molar-refractivity contribution in [3.63, 3.8) is 0 Å². The summed E-state index contributed by atoms with van der Waals surface area (Å²) in [6, 6.07) is 0. The van der Waals surface area contributed by atoms with Crippen molar-refractivity contribution in [1.29, 1.82) is 0 Å². The van der Waals surface area contributed by atoms with Gasteiger partial charge in [0.2, 0.25) is 0 Å². The quantitative estimate of drug-likeness (QED) is 0.725. The van der Waals surface area contributed by atoms with E-state index in [1.165, 1.54) is 0 Å². The average molecular weight is 239 g/mol. The lowest BCUT2D eigenvalue weighted by atomic mass is 10.2. The molecule has 0 aromatic carbocycles. The third kappa shape index (κ3) is 2.82. The summed E-state index contributed by atoms with van der Waals surface area (Å²) in [7, 11) is 0. The van der Waals surface area contributed by atoms with Crippen molar-refractivity contribution in [2.24, 2.45) is 0 Å². The normalized spacial score (nSPS) is 15.1. The Balaban J connectivity index is 2.03. The topological polar surface area (TPSA) is 77.2 Å². The molecule has 6 heteroatoms. The van der Waals surface area contributed by atoms with Crippen molar-refractivity contribution in [2.75, 3.05) is 13.2 Å². The summed E-state index contributed by atoms with van der Waals surface area (Å²) in [6.07, 6.45) is 2.91. The van der Waals surface area contributed by atoms with E-state index in [0.717, 1.165) is 25.0 Å². The first-order chi connectivity index (χ1) is 8.24. The molecule has 0 bridgehead atoms. The summed E-state index contributed by atoms with van der Waals surface area (Å²) >= 11 is 0. The molecular formula is C11H17N3O3. The number of aryl methyl sites for hydroxylation is 1. The zero-order valence-electron chi connectivity index (χ0n) is 9.93. The fourth-order valence-corrected chi connectivity index (χ4v) is 1.86. The standard InChI is InChI=1S/C11H17N3O3/c1-2-17-7-3-6-14-10(8-4-5-8)9(11(15)16)12-13-14/h8H,2-7H2,1H3,(H,15,16). The second kappa shape index (κ2) is 5.27. The van der Waals surface area contributed by atoms with Crippen LogP contribution in [0.3, 0.4) is 0 Å². The molecule has 1 heterocycles. The number of hydrogen-bond acceptors (Lipinski definition) is 4. The predicted molar refractivity (Wildman–Crippen MR) is 60.1 cm³/mol. The van der Waals surface area contributed by atoms with Gasteiger partial charge in [0.15, 0.2) is 5.69 Å². The second-order valence-electron chi connectivity index (χ2n) is 4.18. The van der Waals surface area contributed by atoms with Crippen molar-refractivity contribution in [3.05, 3.63) is 11.4 Å². The zero-order chi connectivity index (χ0) is 12.3. The Morgan fingerprint density at radius 3 is 2.94 bits per heavy atom. The smallest absolute Gasteiger partial charge is 0.358 e. The summed E-state index contributed by atoms with van der Waals surface area (Å²) < 4.78 is 6.97. The lowest BCUT2D eigenvalue weighted by molar-refractivity contribution is 0.0689. The van der Waals surface area contributed by atoms with Gasteiger partial charge in [-0.25, -0.2) is 9.48 Å². The van der Waals surface area contributed by atoms with Crippen LogP contribution in [-0.2, 0) is 11.3 Å². The number of rotatable bonds is 7. The molecule has 0 spiro atoms. The van der Waals surface area contributed by atoms with Crippen LogP contribution in [0, 0.1) is 0 Å². The molecular weight excluding hydrogens is 222 g/mol. The van der Waals surface area contributed by atoms with Crippen molar-refractivity contribution in [1.82, 2.24) is 15.0 Å². The maximum absolute atomic E-state index is 11.0. The van der Waals surface area contributed by atoms with Crippen molar-refractivity contribution in [2.45, 2.75) is 38.6 Å². The van der Waals surface area contributed by atoms with Gasteiger partial charge in [0.05, 0.1) is 5.69 Å². The van der Waals surface area contributed by atoms with Gasteiger partial charge >= 0.3 is 5.97 Å². The molecule has 0 amide bonds. The number of ether oxygens (including phenoxy) is 1. The summed E-state index contributed by atoms with van der Waals surface area (Å²) in [5.74, 6) is -0.647. The summed E-state index contributed by atoms with van der Waals surface area (Å²) in [4.78, 5) is 11.0. The maximum atomic E-state index is 11.0. The maximum Gasteiger partial charge on any atom is 0.358 e. The van der Waals surface area contributed by atoms with Crippen LogP contribution in [0.5, 0.6) is 0 Å². The van der Waals surface area contributed by atoms with Gasteiger partial charge in [0, 0.05) is 25.7 Å². The minimum atomic E-state index is -0.983. The van der Waals surface area contributed by atoms with E-state index >= 15 is 0 Å². The van der Waals surface area contributed by atoms with Crippen molar-refractivity contribution >= 4 is 5.97 Å². The van der Waals surface area contributed by atoms with E-state index in [-0.39, 0.29) is 5.69 Å². The molecule has 1 fully saturated rings. The fourth-order valence-electron chi connectivity index (χ4n) is 1.86. The lowest BCUT2D eigenvalue weighted by Crippen LogP contribution is -2.09. The van der Waals surface area contributed by atoms with Gasteiger partial charge < -0.3 is 9.84 Å². The second-order valence-corrected chi connectivity index (χ2v) is 4.18. The number of carboxylic acid groups (broad SMARTS) is 1. The van der Waals surface area contributed by atoms with Crippen LogP contribution in [0.25, 0.3) is 0 Å². The first kappa shape index (κ1) is 12.0. The van der Waals surface area contributed by atoms with E-state index in [2.05, 4.69) is 10.3 Å². The number of nitrogens with zero attached hydrogens (tertiary/aromatic N) is 3. The fraction of sp³-hybridized carbons (Fsp3) is 0.727. The Hall–Kier alpha value is -1.43. The molecule has 1 aliphatic carbocycles. The molecule has 0 atom stereocenters. The molecule has 17 heavy (non-hydrogen) atoms. The van der Waals surface area contributed by atoms with Crippen LogP contribution >= 0.6 is 0 Å². The monoisotopic (exact) mass is 239 g/mol. The van der Waals surface area contributed by atoms with Gasteiger partial charge in [-0.05, 0) is 26.2 Å². The molecule has 94 valence electrons. The summed E-state index contributed by atoms with van der Waals surface area (Å²) in [6.45, 7) is 4.00. The van der Waals surface area contributed by atoms with Crippen molar-refractivity contribution < 1.29 is 14.6 Å². The highest BCUT2D eigenvalue weighted by molar-refractivity contribution is 5.86. The number of aromatic carboxylic acids is 1. The zero-order valence-corrected chi connectivity index (χ0v) is 9.93. The van der Waals surface area contributed by atoms with Crippen LogP contribution in [0.4, 0.5) is 0 Å². The minimum Gasteiger partial charge on any atom is -0.476 e. The van der Waals surface area contributed by atoms with Gasteiger partial charge in [0.1, 0.15) is 0 Å². The largest absolute Gasteiger partial charge is 0.476 e. The molecule has 2 rings (SSSR count). The Morgan fingerprint density at radius 1 is 1.59 bits per heavy atom. The van der Waals surface area contributed by atoms with Crippen LogP contribution in [0.1, 0.15) is 48.3 Å². The van der Waals surface area contributed by atoms with Crippen LogP contribution < -0.4 is 0 Å². The third-order valence-electron chi connectivity index (χ3n) is 2.80. The van der Waals surface area contributed by atoms with Crippen LogP contribution in [0.2, 0.25) is 0 Å². The van der Waals surface area contributed by atoms with Gasteiger partial charge in [-0.15, -0.1) is 5.10 Å². The van der Waals surface area contributed by atoms with E-state index in [9.17, 15) is 4.79 Å². The number of hydrogen-bond donors (Lipinski definition) is 1. The van der Waals surface area contributed by atoms with E-state index in [4.69, 9.17) is 9.84 Å². The molecule has 1 N–H and O–H groups in total. The predicted octanol–water partition coefficient (Wildman–Crippen LogP) is 1.28. The van der Waals surface area contributed by atoms with E-state index in [1.807, 2.05) is 6.92 Å². The van der Waals surface area contributed by atoms with Gasteiger partial charge in [-0.2, -0.15) is 0 Å². The van der Waals surface area contributed by atoms with Gasteiger partial charge in [0.25, 0.3) is 0 Å². The summed E-state index contributed by atoms with van der Waals surface area (Å²) in [5.41, 5.74) is 0.901. The first-order valence-electron chi connectivity index (χ1n) is 5.98. The Bertz CT molecular complexity index is 399. The Kier molecular flexibility index (Phi) is 3.73. The molecule has 1 aromatic heterocycles. The lowest BCUT2D eigenvalue weighted by Gasteiger charge is -2.05. The van der Waals surface area contributed by atoms with Gasteiger partial charge in [-0.3, -0.25) is 0 Å². The van der Waals surface area contributed by atoms with Crippen LogP contribution in [-0.4, -0.2) is 39.3 Å². The Morgan fingerprint density at radius 2 is 2.35 bits per heavy atom. The molecule has 0 saturated heterocycles. The molecule has 1 aliphatic rings. The van der Waals surface area contributed by atoms with Crippen LogP contribution in [0.15, 0.2) is 0 Å². The minimum absolute atomic E-state index is 0.115. The van der Waals surface area contributed by atoms with E-state index in [0.29, 0.717) is 25.7 Å². The third-order valence-corrected chi connectivity index (χ3v) is 2.80. The van der Waals surface area contributed by atoms with Crippen molar-refractivity contribution in [3.8, 4) is 0 Å².